The molecule has 1 fully saturated rings. The lowest BCUT2D eigenvalue weighted by Gasteiger charge is -2.35. The highest BCUT2D eigenvalue weighted by Gasteiger charge is 2.32. The lowest BCUT2D eigenvalue weighted by atomic mass is 10.1. The Kier molecular flexibility index (Phi) is 5.99. The molecular formula is C21H21F3N6O2. The number of piperazine rings is 1. The van der Waals surface area contributed by atoms with Crippen LogP contribution in [0.25, 0.3) is 11.4 Å². The van der Waals surface area contributed by atoms with Gasteiger partial charge in [-0.2, -0.15) is 15.0 Å². The first-order chi connectivity index (χ1) is 15.3. The zero-order chi connectivity index (χ0) is 22.7. The minimum atomic E-state index is -4.74. The van der Waals surface area contributed by atoms with E-state index < -0.39 is 6.36 Å². The first-order valence-electron chi connectivity index (χ1n) is 9.89. The quantitative estimate of drug-likeness (QED) is 0.617. The number of aromatic nitrogens is 3. The fourth-order valence-corrected chi connectivity index (χ4v) is 3.51. The predicted molar refractivity (Wildman–Crippen MR) is 112 cm³/mol. The smallest absolute Gasteiger partial charge is 0.507 e. The van der Waals surface area contributed by atoms with Gasteiger partial charge < -0.3 is 20.5 Å². The number of rotatable bonds is 5. The van der Waals surface area contributed by atoms with Gasteiger partial charge in [0.2, 0.25) is 11.9 Å². The second-order valence-electron chi connectivity index (χ2n) is 7.25. The summed E-state index contributed by atoms with van der Waals surface area (Å²) >= 11 is 0. The molecule has 3 N–H and O–H groups in total. The number of aromatic hydroxyl groups is 1. The Hall–Kier alpha value is -3.60. The minimum Gasteiger partial charge on any atom is -0.507 e. The van der Waals surface area contributed by atoms with Gasteiger partial charge in [-0.15, -0.1) is 13.2 Å². The molecule has 32 heavy (non-hydrogen) atoms. The van der Waals surface area contributed by atoms with Gasteiger partial charge in [-0.1, -0.05) is 30.3 Å². The van der Waals surface area contributed by atoms with Gasteiger partial charge in [0.1, 0.15) is 11.5 Å². The number of phenolic OH excluding ortho intramolecular Hbond substituents is 1. The molecule has 4 rings (SSSR count). The van der Waals surface area contributed by atoms with Crippen LogP contribution in [0.1, 0.15) is 5.56 Å². The summed E-state index contributed by atoms with van der Waals surface area (Å²) in [5.41, 5.74) is 6.77. The van der Waals surface area contributed by atoms with Crippen molar-refractivity contribution in [1.29, 1.82) is 0 Å². The predicted octanol–water partition coefficient (Wildman–Crippen LogP) is 3.05. The van der Waals surface area contributed by atoms with Crippen molar-refractivity contribution in [3.8, 4) is 22.9 Å². The summed E-state index contributed by atoms with van der Waals surface area (Å²) in [6.07, 6.45) is -4.74. The number of ether oxygens (including phenoxy) is 1. The Balaban J connectivity index is 1.45. The largest absolute Gasteiger partial charge is 0.573 e. The number of nitrogens with two attached hydrogens (primary N) is 1. The van der Waals surface area contributed by atoms with Gasteiger partial charge in [0.25, 0.3) is 0 Å². The van der Waals surface area contributed by atoms with E-state index >= 15 is 0 Å². The fraction of sp³-hybridized carbons (Fsp3) is 0.286. The average Bonchev–Trinajstić information content (AvgIpc) is 2.74. The zero-order valence-corrected chi connectivity index (χ0v) is 17.0. The number of hydrogen-bond acceptors (Lipinski definition) is 8. The highest BCUT2D eigenvalue weighted by molar-refractivity contribution is 5.65. The van der Waals surface area contributed by atoms with Crippen molar-refractivity contribution in [3.63, 3.8) is 0 Å². The van der Waals surface area contributed by atoms with Crippen LogP contribution >= 0.6 is 0 Å². The highest BCUT2D eigenvalue weighted by Crippen LogP contribution is 2.29. The summed E-state index contributed by atoms with van der Waals surface area (Å²) in [7, 11) is 0. The molecule has 11 heteroatoms. The van der Waals surface area contributed by atoms with Crippen molar-refractivity contribution in [3.05, 3.63) is 54.1 Å². The molecule has 0 amide bonds. The van der Waals surface area contributed by atoms with E-state index in [1.165, 1.54) is 18.2 Å². The second kappa shape index (κ2) is 8.87. The molecule has 0 radical (unpaired) electrons. The normalized spacial score (nSPS) is 15.0. The van der Waals surface area contributed by atoms with E-state index in [0.29, 0.717) is 49.8 Å². The molecule has 1 aliphatic heterocycles. The van der Waals surface area contributed by atoms with Crippen molar-refractivity contribution in [1.82, 2.24) is 19.9 Å². The van der Waals surface area contributed by atoms with Crippen molar-refractivity contribution < 1.29 is 23.0 Å². The molecule has 0 bridgehead atoms. The average molecular weight is 446 g/mol. The molecule has 2 aromatic carbocycles. The summed E-state index contributed by atoms with van der Waals surface area (Å²) in [6.45, 7) is 2.58. The number of alkyl halides is 3. The molecule has 0 atom stereocenters. The maximum Gasteiger partial charge on any atom is 0.573 e. The van der Waals surface area contributed by atoms with Crippen LogP contribution in [0.4, 0.5) is 25.1 Å². The van der Waals surface area contributed by atoms with Gasteiger partial charge in [0.05, 0.1) is 5.56 Å². The second-order valence-corrected chi connectivity index (χ2v) is 7.25. The van der Waals surface area contributed by atoms with E-state index in [-0.39, 0.29) is 23.3 Å². The summed E-state index contributed by atoms with van der Waals surface area (Å²) in [5, 5.41) is 10.1. The molecule has 0 spiro atoms. The third-order valence-corrected chi connectivity index (χ3v) is 5.03. The third kappa shape index (κ3) is 5.17. The van der Waals surface area contributed by atoms with Gasteiger partial charge in [-0.05, 0) is 18.2 Å². The van der Waals surface area contributed by atoms with Crippen LogP contribution in [-0.4, -0.2) is 57.5 Å². The van der Waals surface area contributed by atoms with Crippen LogP contribution in [0.15, 0.2) is 48.5 Å². The molecule has 168 valence electrons. The standard InChI is InChI=1S/C21H21F3N6O2/c22-21(23,24)32-17-8-4-1-5-14(17)13-29-9-11-30(12-10-29)20-27-18(26-19(25)28-20)15-6-2-3-7-16(15)31/h1-8,31H,9-13H2,(H2,25,26,27,28). The Morgan fingerprint density at radius 2 is 1.62 bits per heavy atom. The number of benzene rings is 2. The van der Waals surface area contributed by atoms with Crippen molar-refractivity contribution in [2.24, 2.45) is 0 Å². The SMILES string of the molecule is Nc1nc(-c2ccccc2O)nc(N2CCN(Cc3ccccc3OC(F)(F)F)CC2)n1. The fourth-order valence-electron chi connectivity index (χ4n) is 3.51. The first-order valence-corrected chi connectivity index (χ1v) is 9.89. The molecule has 0 unspecified atom stereocenters. The van der Waals surface area contributed by atoms with Gasteiger partial charge in [-0.3, -0.25) is 4.90 Å². The van der Waals surface area contributed by atoms with Gasteiger partial charge in [0.15, 0.2) is 5.82 Å². The molecule has 0 saturated carbocycles. The number of anilines is 2. The van der Waals surface area contributed by atoms with Crippen LogP contribution in [-0.2, 0) is 6.54 Å². The Morgan fingerprint density at radius 1 is 0.938 bits per heavy atom. The first kappa shape index (κ1) is 21.6. The number of nitrogens with zero attached hydrogens (tertiary/aromatic N) is 5. The number of phenols is 1. The molecule has 1 saturated heterocycles. The van der Waals surface area contributed by atoms with Crippen LogP contribution in [0, 0.1) is 0 Å². The topological polar surface area (TPSA) is 101 Å². The summed E-state index contributed by atoms with van der Waals surface area (Å²) < 4.78 is 42.1. The summed E-state index contributed by atoms with van der Waals surface area (Å²) in [4.78, 5) is 16.7. The van der Waals surface area contributed by atoms with Gasteiger partial charge in [-0.25, -0.2) is 0 Å². The molecule has 0 aliphatic carbocycles. The lowest BCUT2D eigenvalue weighted by molar-refractivity contribution is -0.275. The number of hydrogen-bond donors (Lipinski definition) is 2. The van der Waals surface area contributed by atoms with Crippen LogP contribution in [0.5, 0.6) is 11.5 Å². The molecular weight excluding hydrogens is 425 g/mol. The van der Waals surface area contributed by atoms with E-state index in [0.717, 1.165) is 0 Å². The minimum absolute atomic E-state index is 0.0358. The van der Waals surface area contributed by atoms with Gasteiger partial charge in [0, 0.05) is 38.3 Å². The van der Waals surface area contributed by atoms with Crippen LogP contribution in [0.2, 0.25) is 0 Å². The number of halogens is 3. The summed E-state index contributed by atoms with van der Waals surface area (Å²) in [6, 6.07) is 12.8. The van der Waals surface area contributed by atoms with Gasteiger partial charge >= 0.3 is 6.36 Å². The Bertz CT molecular complexity index is 1090. The van der Waals surface area contributed by atoms with Crippen molar-refractivity contribution in [2.45, 2.75) is 12.9 Å². The molecule has 3 aromatic rings. The van der Waals surface area contributed by atoms with E-state index in [4.69, 9.17) is 5.73 Å². The van der Waals surface area contributed by atoms with Crippen LogP contribution < -0.4 is 15.4 Å². The highest BCUT2D eigenvalue weighted by atomic mass is 19.4. The monoisotopic (exact) mass is 446 g/mol. The van der Waals surface area contributed by atoms with E-state index in [2.05, 4.69) is 19.7 Å². The van der Waals surface area contributed by atoms with Crippen molar-refractivity contribution in [2.75, 3.05) is 36.8 Å². The zero-order valence-electron chi connectivity index (χ0n) is 17.0. The van der Waals surface area contributed by atoms with E-state index in [9.17, 15) is 18.3 Å². The molecule has 8 nitrogen and oxygen atoms in total. The molecule has 1 aromatic heterocycles. The third-order valence-electron chi connectivity index (χ3n) is 5.03. The summed E-state index contributed by atoms with van der Waals surface area (Å²) in [5.74, 6) is 0.532. The Morgan fingerprint density at radius 3 is 2.34 bits per heavy atom. The van der Waals surface area contributed by atoms with E-state index in [1.54, 1.807) is 30.3 Å². The van der Waals surface area contributed by atoms with Crippen molar-refractivity contribution >= 4 is 11.9 Å². The maximum atomic E-state index is 12.7. The van der Waals surface area contributed by atoms with E-state index in [1.807, 2.05) is 9.80 Å². The molecule has 2 heterocycles. The Labute approximate surface area is 182 Å². The molecule has 1 aliphatic rings. The number of nitrogen functional groups attached to an aromatic ring is 1. The lowest BCUT2D eigenvalue weighted by Crippen LogP contribution is -2.46. The number of para-hydroxylation sites is 2. The maximum absolute atomic E-state index is 12.7. The van der Waals surface area contributed by atoms with Crippen LogP contribution in [0.3, 0.4) is 0 Å².